The summed E-state index contributed by atoms with van der Waals surface area (Å²) in [5.41, 5.74) is 2.59. The van der Waals surface area contributed by atoms with E-state index in [1.54, 1.807) is 7.11 Å². The van der Waals surface area contributed by atoms with Crippen molar-refractivity contribution in [2.45, 2.75) is 32.4 Å². The molecule has 0 spiro atoms. The molecule has 1 aromatic rings. The number of methoxy groups -OCH3 is 1. The van der Waals surface area contributed by atoms with Crippen molar-refractivity contribution >= 4 is 5.69 Å². The number of rotatable bonds is 6. The monoisotopic (exact) mass is 291 g/mol. The van der Waals surface area contributed by atoms with Gasteiger partial charge in [0.2, 0.25) is 0 Å². The molecule has 2 atom stereocenters. The summed E-state index contributed by atoms with van der Waals surface area (Å²) in [6.07, 6.45) is 1.22. The van der Waals surface area contributed by atoms with E-state index in [-0.39, 0.29) is 0 Å². The first-order valence-electron chi connectivity index (χ1n) is 7.90. The van der Waals surface area contributed by atoms with Crippen molar-refractivity contribution < 1.29 is 4.74 Å². The predicted molar refractivity (Wildman–Crippen MR) is 89.4 cm³/mol. The molecule has 0 saturated carbocycles. The Morgan fingerprint density at radius 2 is 2.19 bits per heavy atom. The third-order valence-corrected chi connectivity index (χ3v) is 4.44. The van der Waals surface area contributed by atoms with Gasteiger partial charge in [-0.15, -0.1) is 0 Å². The first-order chi connectivity index (χ1) is 10.1. The number of likely N-dealkylation sites (N-methyl/N-ethyl adjacent to an activating group) is 1. The van der Waals surface area contributed by atoms with Gasteiger partial charge in [0.15, 0.2) is 0 Å². The molecule has 1 fully saturated rings. The van der Waals surface area contributed by atoms with E-state index in [0.29, 0.717) is 12.1 Å². The highest BCUT2D eigenvalue weighted by Gasteiger charge is 2.27. The second-order valence-electron chi connectivity index (χ2n) is 6.02. The SMILES string of the molecule is CCNC(C)c1c(OC)cccc1N1CCC(N(C)C)C1. The van der Waals surface area contributed by atoms with E-state index in [2.05, 4.69) is 61.3 Å². The molecule has 2 unspecified atom stereocenters. The molecular formula is C17H29N3O. The summed E-state index contributed by atoms with van der Waals surface area (Å²) in [6.45, 7) is 7.51. The van der Waals surface area contributed by atoms with E-state index in [4.69, 9.17) is 4.74 Å². The zero-order valence-electron chi connectivity index (χ0n) is 14.0. The van der Waals surface area contributed by atoms with Crippen LogP contribution in [0.15, 0.2) is 18.2 Å². The van der Waals surface area contributed by atoms with Crippen LogP contribution in [-0.2, 0) is 0 Å². The van der Waals surface area contributed by atoms with E-state index in [1.807, 2.05) is 0 Å². The second-order valence-corrected chi connectivity index (χ2v) is 6.02. The van der Waals surface area contributed by atoms with Crippen LogP contribution in [0.25, 0.3) is 0 Å². The number of ether oxygens (including phenoxy) is 1. The highest BCUT2D eigenvalue weighted by Crippen LogP contribution is 2.36. The fraction of sp³-hybridized carbons (Fsp3) is 0.647. The van der Waals surface area contributed by atoms with Gasteiger partial charge in [-0.3, -0.25) is 0 Å². The molecule has 0 amide bonds. The van der Waals surface area contributed by atoms with Gasteiger partial charge in [-0.25, -0.2) is 0 Å². The van der Waals surface area contributed by atoms with Crippen molar-refractivity contribution in [2.24, 2.45) is 0 Å². The summed E-state index contributed by atoms with van der Waals surface area (Å²) in [4.78, 5) is 4.82. The molecule has 0 aliphatic carbocycles. The Morgan fingerprint density at radius 1 is 1.43 bits per heavy atom. The van der Waals surface area contributed by atoms with Gasteiger partial charge < -0.3 is 19.9 Å². The first kappa shape index (κ1) is 16.1. The summed E-state index contributed by atoms with van der Waals surface area (Å²) in [5, 5.41) is 3.52. The summed E-state index contributed by atoms with van der Waals surface area (Å²) >= 11 is 0. The van der Waals surface area contributed by atoms with Crippen LogP contribution in [0.1, 0.15) is 31.9 Å². The van der Waals surface area contributed by atoms with Gasteiger partial charge in [0.1, 0.15) is 5.75 Å². The maximum Gasteiger partial charge on any atom is 0.125 e. The van der Waals surface area contributed by atoms with Crippen molar-refractivity contribution in [3.63, 3.8) is 0 Å². The van der Waals surface area contributed by atoms with Gasteiger partial charge in [0.25, 0.3) is 0 Å². The fourth-order valence-electron chi connectivity index (χ4n) is 3.21. The number of anilines is 1. The molecule has 2 rings (SSSR count). The smallest absolute Gasteiger partial charge is 0.125 e. The molecule has 4 nitrogen and oxygen atoms in total. The quantitative estimate of drug-likeness (QED) is 0.871. The van der Waals surface area contributed by atoms with E-state index in [0.717, 1.165) is 25.4 Å². The molecule has 1 saturated heterocycles. The number of benzene rings is 1. The summed E-state index contributed by atoms with van der Waals surface area (Å²) in [7, 11) is 6.09. The third kappa shape index (κ3) is 3.50. The van der Waals surface area contributed by atoms with E-state index < -0.39 is 0 Å². The molecule has 118 valence electrons. The number of hydrogen-bond acceptors (Lipinski definition) is 4. The number of nitrogens with zero attached hydrogens (tertiary/aromatic N) is 2. The van der Waals surface area contributed by atoms with Gasteiger partial charge in [0.05, 0.1) is 7.11 Å². The zero-order chi connectivity index (χ0) is 15.4. The average Bonchev–Trinajstić information content (AvgIpc) is 2.96. The van der Waals surface area contributed by atoms with Crippen molar-refractivity contribution in [2.75, 3.05) is 45.7 Å². The van der Waals surface area contributed by atoms with Crippen molar-refractivity contribution in [1.29, 1.82) is 0 Å². The van der Waals surface area contributed by atoms with Crippen LogP contribution in [-0.4, -0.2) is 51.8 Å². The minimum Gasteiger partial charge on any atom is -0.496 e. The van der Waals surface area contributed by atoms with E-state index in [1.165, 1.54) is 17.7 Å². The summed E-state index contributed by atoms with van der Waals surface area (Å²) in [6, 6.07) is 7.31. The largest absolute Gasteiger partial charge is 0.496 e. The zero-order valence-corrected chi connectivity index (χ0v) is 14.0. The van der Waals surface area contributed by atoms with Crippen LogP contribution < -0.4 is 15.0 Å². The fourth-order valence-corrected chi connectivity index (χ4v) is 3.21. The Kier molecular flexibility index (Phi) is 5.48. The predicted octanol–water partition coefficient (Wildman–Crippen LogP) is 2.51. The van der Waals surface area contributed by atoms with E-state index in [9.17, 15) is 0 Å². The molecule has 4 heteroatoms. The molecule has 0 radical (unpaired) electrons. The normalized spacial score (nSPS) is 20.1. The number of nitrogens with one attached hydrogen (secondary N) is 1. The highest BCUT2D eigenvalue weighted by molar-refractivity contribution is 5.61. The highest BCUT2D eigenvalue weighted by atomic mass is 16.5. The van der Waals surface area contributed by atoms with Gasteiger partial charge in [-0.05, 0) is 46.1 Å². The molecule has 1 aliphatic heterocycles. The van der Waals surface area contributed by atoms with Crippen LogP contribution >= 0.6 is 0 Å². The minimum absolute atomic E-state index is 0.291. The van der Waals surface area contributed by atoms with Gasteiger partial charge in [0, 0.05) is 36.4 Å². The molecule has 1 N–H and O–H groups in total. The Labute approximate surface area is 129 Å². The third-order valence-electron chi connectivity index (χ3n) is 4.44. The molecular weight excluding hydrogens is 262 g/mol. The van der Waals surface area contributed by atoms with Gasteiger partial charge in [-0.2, -0.15) is 0 Å². The van der Waals surface area contributed by atoms with E-state index >= 15 is 0 Å². The lowest BCUT2D eigenvalue weighted by atomic mass is 10.0. The molecule has 0 bridgehead atoms. The maximum absolute atomic E-state index is 5.61. The molecule has 1 heterocycles. The topological polar surface area (TPSA) is 27.7 Å². The average molecular weight is 291 g/mol. The lowest BCUT2D eigenvalue weighted by molar-refractivity contribution is 0.315. The summed E-state index contributed by atoms with van der Waals surface area (Å²) in [5.74, 6) is 0.981. The van der Waals surface area contributed by atoms with Crippen LogP contribution in [0, 0.1) is 0 Å². The standard InChI is InChI=1S/C17H29N3O/c1-6-18-13(2)17-15(8-7-9-16(17)21-5)20-11-10-14(12-20)19(3)4/h7-9,13-14,18H,6,10-12H2,1-5H3. The first-order valence-corrected chi connectivity index (χ1v) is 7.90. The Hall–Kier alpha value is -1.26. The van der Waals surface area contributed by atoms with Gasteiger partial charge >= 0.3 is 0 Å². The van der Waals surface area contributed by atoms with Crippen molar-refractivity contribution in [3.05, 3.63) is 23.8 Å². The van der Waals surface area contributed by atoms with Crippen molar-refractivity contribution in [1.82, 2.24) is 10.2 Å². The molecule has 21 heavy (non-hydrogen) atoms. The van der Waals surface area contributed by atoms with Gasteiger partial charge in [-0.1, -0.05) is 13.0 Å². The Bertz CT molecular complexity index is 461. The molecule has 0 aromatic heterocycles. The maximum atomic E-state index is 5.61. The second kappa shape index (κ2) is 7.14. The summed E-state index contributed by atoms with van der Waals surface area (Å²) < 4.78 is 5.61. The molecule has 1 aliphatic rings. The Balaban J connectivity index is 2.30. The number of hydrogen-bond donors (Lipinski definition) is 1. The van der Waals surface area contributed by atoms with Crippen LogP contribution in [0.4, 0.5) is 5.69 Å². The van der Waals surface area contributed by atoms with Crippen LogP contribution in [0.2, 0.25) is 0 Å². The van der Waals surface area contributed by atoms with Crippen LogP contribution in [0.3, 0.4) is 0 Å². The Morgan fingerprint density at radius 3 is 2.76 bits per heavy atom. The van der Waals surface area contributed by atoms with Crippen LogP contribution in [0.5, 0.6) is 5.75 Å². The lowest BCUT2D eigenvalue weighted by Gasteiger charge is -2.27. The van der Waals surface area contributed by atoms with Crippen molar-refractivity contribution in [3.8, 4) is 5.75 Å². The minimum atomic E-state index is 0.291. The lowest BCUT2D eigenvalue weighted by Crippen LogP contribution is -2.32. The molecule has 1 aromatic carbocycles.